The minimum Gasteiger partial charge on any atom is -0.443 e. The van der Waals surface area contributed by atoms with Crippen LogP contribution in [0.1, 0.15) is 74.8 Å². The number of hydrogen-bond acceptors (Lipinski definition) is 6. The minimum absolute atomic E-state index is 0.219. The van der Waals surface area contributed by atoms with Crippen LogP contribution in [0.4, 0.5) is 20.1 Å². The fraction of sp³-hybridized carbons (Fsp3) is 0.560. The fourth-order valence-corrected chi connectivity index (χ4v) is 3.07. The molecule has 0 radical (unpaired) electrons. The molecule has 33 heavy (non-hydrogen) atoms. The number of aromatic nitrogens is 1. The number of rotatable bonds is 2. The van der Waals surface area contributed by atoms with E-state index in [0.29, 0.717) is 11.9 Å². The second-order valence-corrected chi connectivity index (χ2v) is 10.9. The highest BCUT2D eigenvalue weighted by Gasteiger charge is 2.33. The SMILES string of the molecule is CCc1cn(C(=O)OC(C)(C)C)c2cc(N(C(=O)OC(C)(C)C)C(=O)OC(C)(C)C)ccc12. The Morgan fingerprint density at radius 1 is 0.818 bits per heavy atom. The molecule has 1 aromatic heterocycles. The van der Waals surface area contributed by atoms with Gasteiger partial charge in [0, 0.05) is 11.6 Å². The van der Waals surface area contributed by atoms with Gasteiger partial charge in [0.25, 0.3) is 0 Å². The number of ether oxygens (including phenoxy) is 3. The summed E-state index contributed by atoms with van der Waals surface area (Å²) in [5.41, 5.74) is -0.673. The molecule has 1 aromatic carbocycles. The van der Waals surface area contributed by atoms with Crippen molar-refractivity contribution in [3.05, 3.63) is 30.0 Å². The second kappa shape index (κ2) is 9.08. The van der Waals surface area contributed by atoms with Crippen molar-refractivity contribution in [3.63, 3.8) is 0 Å². The van der Waals surface area contributed by atoms with Gasteiger partial charge in [0.2, 0.25) is 0 Å². The number of nitrogens with zero attached hydrogens (tertiary/aromatic N) is 2. The minimum atomic E-state index is -0.873. The predicted molar refractivity (Wildman–Crippen MR) is 128 cm³/mol. The Hall–Kier alpha value is -3.03. The molecular formula is C25H36N2O6. The summed E-state index contributed by atoms with van der Waals surface area (Å²) in [7, 11) is 0. The zero-order chi connectivity index (χ0) is 25.4. The molecule has 8 nitrogen and oxygen atoms in total. The molecule has 1 heterocycles. The van der Waals surface area contributed by atoms with E-state index in [-0.39, 0.29) is 5.69 Å². The van der Waals surface area contributed by atoms with Crippen molar-refractivity contribution < 1.29 is 28.6 Å². The summed E-state index contributed by atoms with van der Waals surface area (Å²) in [4.78, 5) is 39.7. The van der Waals surface area contributed by atoms with Crippen LogP contribution in [0, 0.1) is 0 Å². The Balaban J connectivity index is 2.64. The van der Waals surface area contributed by atoms with Crippen LogP contribution < -0.4 is 4.90 Å². The van der Waals surface area contributed by atoms with Crippen LogP contribution in [-0.4, -0.2) is 39.6 Å². The summed E-state index contributed by atoms with van der Waals surface area (Å²) in [6, 6.07) is 4.99. The molecule has 0 unspecified atom stereocenters. The van der Waals surface area contributed by atoms with E-state index in [1.54, 1.807) is 86.7 Å². The van der Waals surface area contributed by atoms with Gasteiger partial charge in [-0.15, -0.1) is 0 Å². The number of carbonyl (C=O) groups is 3. The molecular weight excluding hydrogens is 424 g/mol. The molecule has 0 saturated heterocycles. The van der Waals surface area contributed by atoms with Crippen LogP contribution in [0.25, 0.3) is 10.9 Å². The Morgan fingerprint density at radius 2 is 1.30 bits per heavy atom. The highest BCUT2D eigenvalue weighted by atomic mass is 16.6. The number of imide groups is 1. The largest absolute Gasteiger partial charge is 0.443 e. The van der Waals surface area contributed by atoms with E-state index in [1.807, 2.05) is 6.92 Å². The Morgan fingerprint density at radius 3 is 1.73 bits per heavy atom. The maximum Gasteiger partial charge on any atom is 0.424 e. The lowest BCUT2D eigenvalue weighted by Crippen LogP contribution is -2.43. The van der Waals surface area contributed by atoms with E-state index < -0.39 is 35.1 Å². The zero-order valence-corrected chi connectivity index (χ0v) is 21.4. The molecule has 0 bridgehead atoms. The maximum absolute atomic E-state index is 13.0. The lowest BCUT2D eigenvalue weighted by atomic mass is 10.1. The quantitative estimate of drug-likeness (QED) is 0.466. The van der Waals surface area contributed by atoms with Crippen LogP contribution in [0.2, 0.25) is 0 Å². The van der Waals surface area contributed by atoms with Gasteiger partial charge in [0.1, 0.15) is 16.8 Å². The summed E-state index contributed by atoms with van der Waals surface area (Å²) in [5.74, 6) is 0. The van der Waals surface area contributed by atoms with E-state index in [2.05, 4.69) is 0 Å². The van der Waals surface area contributed by atoms with Crippen molar-refractivity contribution in [2.45, 2.75) is 92.5 Å². The standard InChI is InChI=1S/C25H36N2O6/c1-11-16-15-26(20(28)31-23(2,3)4)19-14-17(12-13-18(16)19)27(21(29)32-24(5,6)7)22(30)33-25(8,9)10/h12-15H,11H2,1-10H3. The van der Waals surface area contributed by atoms with Gasteiger partial charge in [-0.3, -0.25) is 4.57 Å². The molecule has 0 spiro atoms. The third-order valence-corrected chi connectivity index (χ3v) is 4.25. The third-order valence-electron chi connectivity index (χ3n) is 4.25. The highest BCUT2D eigenvalue weighted by molar-refractivity contribution is 6.11. The first-order valence-corrected chi connectivity index (χ1v) is 11.1. The van der Waals surface area contributed by atoms with Gasteiger partial charge in [-0.2, -0.15) is 4.90 Å². The Kier molecular flexibility index (Phi) is 7.21. The lowest BCUT2D eigenvalue weighted by Gasteiger charge is -2.28. The van der Waals surface area contributed by atoms with E-state index in [9.17, 15) is 14.4 Å². The van der Waals surface area contributed by atoms with Crippen LogP contribution in [-0.2, 0) is 20.6 Å². The first kappa shape index (κ1) is 26.2. The number of amides is 2. The molecule has 2 rings (SSSR count). The van der Waals surface area contributed by atoms with Crippen molar-refractivity contribution in [2.75, 3.05) is 4.90 Å². The van der Waals surface area contributed by atoms with Gasteiger partial charge in [-0.25, -0.2) is 14.4 Å². The van der Waals surface area contributed by atoms with E-state index in [1.165, 1.54) is 4.57 Å². The van der Waals surface area contributed by atoms with Gasteiger partial charge in [0.15, 0.2) is 0 Å². The third kappa shape index (κ3) is 6.97. The lowest BCUT2D eigenvalue weighted by molar-refractivity contribution is 0.0429. The molecule has 0 atom stereocenters. The van der Waals surface area contributed by atoms with Crippen molar-refractivity contribution in [3.8, 4) is 0 Å². The molecule has 2 amide bonds. The summed E-state index contributed by atoms with van der Waals surface area (Å²) in [6.07, 6.45) is 0.108. The summed E-state index contributed by atoms with van der Waals surface area (Å²) < 4.78 is 17.9. The summed E-state index contributed by atoms with van der Waals surface area (Å²) >= 11 is 0. The number of benzene rings is 1. The molecule has 2 aromatic rings. The molecule has 0 aliphatic rings. The molecule has 182 valence electrons. The van der Waals surface area contributed by atoms with Crippen molar-refractivity contribution >= 4 is 34.9 Å². The normalized spacial score (nSPS) is 12.4. The van der Waals surface area contributed by atoms with Crippen molar-refractivity contribution in [2.24, 2.45) is 0 Å². The van der Waals surface area contributed by atoms with Gasteiger partial charge < -0.3 is 14.2 Å². The smallest absolute Gasteiger partial charge is 0.424 e. The Bertz CT molecular complexity index is 1020. The average molecular weight is 461 g/mol. The predicted octanol–water partition coefficient (Wildman–Crippen LogP) is 6.66. The molecule has 0 aliphatic heterocycles. The van der Waals surface area contributed by atoms with E-state index in [4.69, 9.17) is 14.2 Å². The fourth-order valence-electron chi connectivity index (χ4n) is 3.07. The highest BCUT2D eigenvalue weighted by Crippen LogP contribution is 2.30. The first-order chi connectivity index (χ1) is 14.9. The van der Waals surface area contributed by atoms with Gasteiger partial charge in [0.05, 0.1) is 11.2 Å². The van der Waals surface area contributed by atoms with E-state index in [0.717, 1.165) is 15.8 Å². The number of hydrogen-bond donors (Lipinski definition) is 0. The number of anilines is 1. The molecule has 0 N–H and O–H groups in total. The van der Waals surface area contributed by atoms with E-state index >= 15 is 0 Å². The molecule has 0 saturated carbocycles. The van der Waals surface area contributed by atoms with Crippen molar-refractivity contribution in [1.29, 1.82) is 0 Å². The summed E-state index contributed by atoms with van der Waals surface area (Å²) in [5, 5.41) is 0.820. The first-order valence-electron chi connectivity index (χ1n) is 11.1. The number of fused-ring (bicyclic) bond motifs is 1. The topological polar surface area (TPSA) is 87.1 Å². The van der Waals surface area contributed by atoms with Crippen LogP contribution in [0.5, 0.6) is 0 Å². The zero-order valence-electron chi connectivity index (χ0n) is 21.4. The van der Waals surface area contributed by atoms with Crippen LogP contribution in [0.3, 0.4) is 0 Å². The molecule has 0 fully saturated rings. The number of carbonyl (C=O) groups excluding carboxylic acids is 3. The number of aryl methyl sites for hydroxylation is 1. The van der Waals surface area contributed by atoms with Gasteiger partial charge >= 0.3 is 18.3 Å². The van der Waals surface area contributed by atoms with Gasteiger partial charge in [-0.05, 0) is 86.4 Å². The monoisotopic (exact) mass is 460 g/mol. The molecule has 0 aliphatic carbocycles. The Labute approximate surface area is 195 Å². The van der Waals surface area contributed by atoms with Gasteiger partial charge in [-0.1, -0.05) is 13.0 Å². The van der Waals surface area contributed by atoms with Crippen molar-refractivity contribution in [1.82, 2.24) is 4.57 Å². The van der Waals surface area contributed by atoms with Crippen LogP contribution >= 0.6 is 0 Å². The van der Waals surface area contributed by atoms with Crippen LogP contribution in [0.15, 0.2) is 24.4 Å². The maximum atomic E-state index is 13.0. The molecule has 8 heteroatoms. The average Bonchev–Trinajstić information content (AvgIpc) is 2.95. The summed E-state index contributed by atoms with van der Waals surface area (Å²) in [6.45, 7) is 17.6. The second-order valence-electron chi connectivity index (χ2n) is 10.9.